The minimum atomic E-state index is -0.198. The number of nitrogens with one attached hydrogen (secondary N) is 2. The Morgan fingerprint density at radius 1 is 1.11 bits per heavy atom. The van der Waals surface area contributed by atoms with Crippen LogP contribution in [0, 0.1) is 0 Å². The van der Waals surface area contributed by atoms with Crippen molar-refractivity contribution in [3.63, 3.8) is 0 Å². The zero-order valence-electron chi connectivity index (χ0n) is 16.2. The van der Waals surface area contributed by atoms with E-state index in [1.807, 2.05) is 39.0 Å². The van der Waals surface area contributed by atoms with Crippen LogP contribution in [0.15, 0.2) is 41.2 Å². The number of nitrogens with zero attached hydrogens (tertiary/aromatic N) is 1. The normalized spacial score (nSPS) is 12.1. The van der Waals surface area contributed by atoms with Crippen molar-refractivity contribution < 1.29 is 9.47 Å². The fraction of sp³-hybridized carbons (Fsp3) is 0.333. The van der Waals surface area contributed by atoms with Gasteiger partial charge in [-0.1, -0.05) is 17.7 Å². The summed E-state index contributed by atoms with van der Waals surface area (Å²) in [6.45, 7) is 7.51. The molecule has 1 atom stereocenters. The second-order valence-corrected chi connectivity index (χ2v) is 6.79. The molecule has 0 amide bonds. The topological polar surface area (TPSA) is 76.2 Å². The molecule has 7 heteroatoms. The fourth-order valence-electron chi connectivity index (χ4n) is 2.95. The molecule has 148 valence electrons. The lowest BCUT2D eigenvalue weighted by atomic mass is 10.1. The molecule has 0 bridgehead atoms. The number of hydrogen-bond donors (Lipinski definition) is 2. The lowest BCUT2D eigenvalue weighted by molar-refractivity contribution is 0.287. The van der Waals surface area contributed by atoms with Gasteiger partial charge in [0.2, 0.25) is 0 Å². The number of halogens is 1. The number of H-pyrrole nitrogens is 1. The minimum absolute atomic E-state index is 0.0288. The number of rotatable bonds is 8. The van der Waals surface area contributed by atoms with E-state index in [2.05, 4.69) is 15.3 Å². The van der Waals surface area contributed by atoms with E-state index in [1.54, 1.807) is 18.2 Å². The van der Waals surface area contributed by atoms with Crippen molar-refractivity contribution in [3.8, 4) is 11.5 Å². The van der Waals surface area contributed by atoms with Gasteiger partial charge >= 0.3 is 0 Å². The van der Waals surface area contributed by atoms with Gasteiger partial charge in [-0.25, -0.2) is 4.98 Å². The largest absolute Gasteiger partial charge is 0.490 e. The first-order chi connectivity index (χ1) is 13.5. The molecule has 2 aromatic carbocycles. The molecule has 1 aromatic heterocycles. The molecule has 6 nitrogen and oxygen atoms in total. The lowest BCUT2D eigenvalue weighted by Gasteiger charge is -2.17. The van der Waals surface area contributed by atoms with Gasteiger partial charge in [-0.15, -0.1) is 0 Å². The molecule has 0 aliphatic carbocycles. The number of aromatic nitrogens is 2. The number of ether oxygens (including phenoxy) is 2. The van der Waals surface area contributed by atoms with Crippen LogP contribution in [0.5, 0.6) is 11.5 Å². The van der Waals surface area contributed by atoms with E-state index in [9.17, 15) is 4.79 Å². The van der Waals surface area contributed by atoms with Crippen LogP contribution in [0.3, 0.4) is 0 Å². The summed E-state index contributed by atoms with van der Waals surface area (Å²) in [6, 6.07) is 11.0. The Bertz CT molecular complexity index is 1020. The van der Waals surface area contributed by atoms with E-state index in [0.29, 0.717) is 41.5 Å². The molecule has 0 fully saturated rings. The van der Waals surface area contributed by atoms with Crippen LogP contribution in [0.25, 0.3) is 10.9 Å². The van der Waals surface area contributed by atoms with Gasteiger partial charge in [0.1, 0.15) is 5.82 Å². The molecular formula is C21H24ClN3O3. The van der Waals surface area contributed by atoms with Crippen molar-refractivity contribution in [1.29, 1.82) is 0 Å². The highest BCUT2D eigenvalue weighted by Gasteiger charge is 2.12. The molecule has 0 unspecified atom stereocenters. The van der Waals surface area contributed by atoms with Gasteiger partial charge in [-0.05, 0) is 56.7 Å². The van der Waals surface area contributed by atoms with Crippen molar-refractivity contribution in [1.82, 2.24) is 15.3 Å². The SMILES string of the molecule is CCOc1ccc([C@H](C)NCc2nc3ccc(Cl)cc3c(=O)[nH]2)cc1OCC. The van der Waals surface area contributed by atoms with Crippen LogP contribution in [0.2, 0.25) is 5.02 Å². The Labute approximate surface area is 168 Å². The molecule has 0 spiro atoms. The molecule has 3 rings (SSSR count). The van der Waals surface area contributed by atoms with Gasteiger partial charge in [0.05, 0.1) is 30.7 Å². The number of aromatic amines is 1. The Morgan fingerprint density at radius 3 is 2.61 bits per heavy atom. The first-order valence-corrected chi connectivity index (χ1v) is 9.71. The molecule has 0 aliphatic heterocycles. The van der Waals surface area contributed by atoms with Crippen LogP contribution in [0.4, 0.5) is 0 Å². The smallest absolute Gasteiger partial charge is 0.258 e. The van der Waals surface area contributed by atoms with E-state index in [-0.39, 0.29) is 11.6 Å². The predicted octanol–water partition coefficient (Wildman–Crippen LogP) is 4.22. The fourth-order valence-corrected chi connectivity index (χ4v) is 3.12. The lowest BCUT2D eigenvalue weighted by Crippen LogP contribution is -2.22. The summed E-state index contributed by atoms with van der Waals surface area (Å²) in [5.74, 6) is 2.03. The summed E-state index contributed by atoms with van der Waals surface area (Å²) in [5.41, 5.74) is 1.48. The zero-order chi connectivity index (χ0) is 20.1. The van der Waals surface area contributed by atoms with E-state index < -0.39 is 0 Å². The van der Waals surface area contributed by atoms with Crippen LogP contribution in [-0.2, 0) is 6.54 Å². The van der Waals surface area contributed by atoms with Crippen LogP contribution < -0.4 is 20.3 Å². The van der Waals surface area contributed by atoms with Crippen LogP contribution in [0.1, 0.15) is 38.2 Å². The minimum Gasteiger partial charge on any atom is -0.490 e. The highest BCUT2D eigenvalue weighted by atomic mass is 35.5. The summed E-state index contributed by atoms with van der Waals surface area (Å²) in [5, 5.41) is 4.38. The Hall–Kier alpha value is -2.57. The second kappa shape index (κ2) is 9.08. The van der Waals surface area contributed by atoms with Crippen molar-refractivity contribution in [3.05, 3.63) is 63.2 Å². The molecule has 0 aliphatic rings. The van der Waals surface area contributed by atoms with E-state index in [1.165, 1.54) is 0 Å². The highest BCUT2D eigenvalue weighted by molar-refractivity contribution is 6.31. The van der Waals surface area contributed by atoms with Crippen molar-refractivity contribution in [2.45, 2.75) is 33.4 Å². The molecule has 0 radical (unpaired) electrons. The first kappa shape index (κ1) is 20.2. The summed E-state index contributed by atoms with van der Waals surface area (Å²) in [6.07, 6.45) is 0. The third-order valence-electron chi connectivity index (χ3n) is 4.36. The Kier molecular flexibility index (Phi) is 6.54. The molecule has 0 saturated heterocycles. The van der Waals surface area contributed by atoms with Gasteiger partial charge in [0.15, 0.2) is 11.5 Å². The summed E-state index contributed by atoms with van der Waals surface area (Å²) < 4.78 is 11.3. The number of benzene rings is 2. The third-order valence-corrected chi connectivity index (χ3v) is 4.59. The maximum atomic E-state index is 12.3. The monoisotopic (exact) mass is 401 g/mol. The highest BCUT2D eigenvalue weighted by Crippen LogP contribution is 2.30. The summed E-state index contributed by atoms with van der Waals surface area (Å²) in [7, 11) is 0. The van der Waals surface area contributed by atoms with Crippen molar-refractivity contribution in [2.75, 3.05) is 13.2 Å². The molecule has 28 heavy (non-hydrogen) atoms. The van der Waals surface area contributed by atoms with Gasteiger partial charge in [0.25, 0.3) is 5.56 Å². The Morgan fingerprint density at radius 2 is 1.86 bits per heavy atom. The number of hydrogen-bond acceptors (Lipinski definition) is 5. The van der Waals surface area contributed by atoms with E-state index in [4.69, 9.17) is 21.1 Å². The van der Waals surface area contributed by atoms with Crippen molar-refractivity contribution >= 4 is 22.5 Å². The van der Waals surface area contributed by atoms with E-state index >= 15 is 0 Å². The van der Waals surface area contributed by atoms with Gasteiger partial charge in [-0.3, -0.25) is 4.79 Å². The average Bonchev–Trinajstić information content (AvgIpc) is 2.68. The zero-order valence-corrected chi connectivity index (χ0v) is 17.0. The summed E-state index contributed by atoms with van der Waals surface area (Å²) in [4.78, 5) is 19.6. The van der Waals surface area contributed by atoms with Gasteiger partial charge in [0, 0.05) is 11.1 Å². The Balaban J connectivity index is 1.75. The standard InChI is InChI=1S/C21H24ClN3O3/c1-4-27-18-9-6-14(10-19(18)28-5-2)13(3)23-12-20-24-17-8-7-15(22)11-16(17)21(26)25-20/h6-11,13,23H,4-5,12H2,1-3H3,(H,24,25,26)/t13-/m0/s1. The molecule has 3 aromatic rings. The molecule has 0 saturated carbocycles. The third kappa shape index (κ3) is 4.64. The van der Waals surface area contributed by atoms with Crippen molar-refractivity contribution in [2.24, 2.45) is 0 Å². The van der Waals surface area contributed by atoms with Gasteiger partial charge in [-0.2, -0.15) is 0 Å². The molecule has 1 heterocycles. The average molecular weight is 402 g/mol. The second-order valence-electron chi connectivity index (χ2n) is 6.35. The van der Waals surface area contributed by atoms with Gasteiger partial charge < -0.3 is 19.8 Å². The van der Waals surface area contributed by atoms with Crippen LogP contribution >= 0.6 is 11.6 Å². The maximum absolute atomic E-state index is 12.3. The number of fused-ring (bicyclic) bond motifs is 1. The van der Waals surface area contributed by atoms with E-state index in [0.717, 1.165) is 17.1 Å². The molecule has 2 N–H and O–H groups in total. The maximum Gasteiger partial charge on any atom is 0.258 e. The molecular weight excluding hydrogens is 378 g/mol. The summed E-state index contributed by atoms with van der Waals surface area (Å²) >= 11 is 5.95. The quantitative estimate of drug-likeness (QED) is 0.590. The first-order valence-electron chi connectivity index (χ1n) is 9.33. The van der Waals surface area contributed by atoms with Crippen LogP contribution in [-0.4, -0.2) is 23.2 Å². The predicted molar refractivity (Wildman–Crippen MR) is 111 cm³/mol.